The summed E-state index contributed by atoms with van der Waals surface area (Å²) in [6.07, 6.45) is 4.82. The maximum atomic E-state index is 10.2. The molecule has 0 saturated carbocycles. The van der Waals surface area contributed by atoms with Crippen LogP contribution < -0.4 is 50.3 Å². The van der Waals surface area contributed by atoms with Gasteiger partial charge in [0.05, 0.1) is 65.8 Å². The number of aromatic amines is 5. The summed E-state index contributed by atoms with van der Waals surface area (Å²) in [5, 5.41) is 89.2. The van der Waals surface area contributed by atoms with Crippen LogP contribution in [0.4, 0.5) is 0 Å². The lowest BCUT2D eigenvalue weighted by Crippen LogP contribution is -2.30. The first-order valence-corrected chi connectivity index (χ1v) is 39.2. The minimum Gasteiger partial charge on any atom is -0.508 e. The van der Waals surface area contributed by atoms with Gasteiger partial charge in [-0.2, -0.15) is 0 Å². The Morgan fingerprint density at radius 3 is 0.585 bits per heavy atom. The summed E-state index contributed by atoms with van der Waals surface area (Å²) in [5.41, 5.74) is 22.3. The van der Waals surface area contributed by atoms with Gasteiger partial charge in [0.25, 0.3) is 11.9 Å². The van der Waals surface area contributed by atoms with E-state index in [1.54, 1.807) is 65.9 Å². The van der Waals surface area contributed by atoms with E-state index < -0.39 is 11.9 Å². The van der Waals surface area contributed by atoms with Gasteiger partial charge in [0.1, 0.15) is 57.5 Å². The molecule has 0 bridgehead atoms. The van der Waals surface area contributed by atoms with Crippen LogP contribution in [0.5, 0.6) is 57.5 Å². The number of aromatic nitrogens is 5. The summed E-state index contributed by atoms with van der Waals surface area (Å²) in [6, 6.07) is 67.9. The average Bonchev–Trinajstić information content (AvgIpc) is 1.63. The van der Waals surface area contributed by atoms with Crippen molar-refractivity contribution in [1.82, 2.24) is 51.5 Å². The number of carbonyl (C=O) groups is 2. The fourth-order valence-corrected chi connectivity index (χ4v) is 16.7. The van der Waals surface area contributed by atoms with Crippen molar-refractivity contribution in [2.45, 2.75) is 76.2 Å². The number of phenolic OH excluding ortho intramolecular Hbond substituents is 5. The molecular formula is C94H98N10O14. The highest BCUT2D eigenvalue weighted by atomic mass is 16.5. The standard InChI is InChI=1S/5C18H18N2O2.2C2H4O2/c5*1-22-11-6-7-15-14(10-11)12-8-9-19-17(18(12)20-15)13-4-2-3-5-16(13)21;2*1-2(3)4/h5*2-7,10,17,19-21H,8-9H2,1H3;2*1H3,(H,3,4). The van der Waals surface area contributed by atoms with Crippen LogP contribution in [0.2, 0.25) is 0 Å². The lowest BCUT2D eigenvalue weighted by atomic mass is 9.94. The molecule has 20 rings (SSSR count). The number of carboxylic acids is 2. The fraction of sp³-hybridized carbons (Fsp3) is 0.234. The Bertz CT molecular complexity index is 5240. The molecule has 0 saturated heterocycles. The third kappa shape index (κ3) is 17.4. The number of aromatic hydroxyl groups is 5. The Morgan fingerprint density at radius 2 is 0.432 bits per heavy atom. The number of carboxylic acid groups (broad SMARTS) is 2. The van der Waals surface area contributed by atoms with E-state index in [1.165, 1.54) is 54.7 Å². The van der Waals surface area contributed by atoms with Crippen molar-refractivity contribution < 1.29 is 69.0 Å². The van der Waals surface area contributed by atoms with Crippen LogP contribution in [0.3, 0.4) is 0 Å². The van der Waals surface area contributed by atoms with Gasteiger partial charge in [-0.05, 0) is 181 Å². The number of hydrogen-bond donors (Lipinski definition) is 17. The van der Waals surface area contributed by atoms with Crippen molar-refractivity contribution in [3.8, 4) is 57.5 Å². The van der Waals surface area contributed by atoms with Crippen LogP contribution in [0, 0.1) is 0 Å². The van der Waals surface area contributed by atoms with Crippen molar-refractivity contribution in [2.75, 3.05) is 68.3 Å². The van der Waals surface area contributed by atoms with Crippen molar-refractivity contribution in [1.29, 1.82) is 0 Å². The quantitative estimate of drug-likeness (QED) is 0.0605. The summed E-state index contributed by atoms with van der Waals surface area (Å²) in [4.78, 5) is 35.6. The molecule has 24 heteroatoms. The van der Waals surface area contributed by atoms with Gasteiger partial charge in [-0.3, -0.25) is 9.59 Å². The molecule has 0 fully saturated rings. The Kier molecular flexibility index (Phi) is 25.2. The topological polar surface area (TPSA) is 361 Å². The largest absolute Gasteiger partial charge is 0.508 e. The van der Waals surface area contributed by atoms with Crippen LogP contribution in [0.1, 0.15) is 128 Å². The highest BCUT2D eigenvalue weighted by molar-refractivity contribution is 5.91. The van der Waals surface area contributed by atoms with Crippen LogP contribution >= 0.6 is 0 Å². The molecule has 118 heavy (non-hydrogen) atoms. The lowest BCUT2D eigenvalue weighted by molar-refractivity contribution is -0.135. The number of para-hydroxylation sites is 5. The number of hydrogen-bond acceptors (Lipinski definition) is 17. The molecular weight excluding hydrogens is 1490 g/mol. The van der Waals surface area contributed by atoms with Gasteiger partial charge in [-0.25, -0.2) is 0 Å². The molecule has 0 radical (unpaired) electrons. The molecule has 5 aliphatic rings. The molecule has 0 spiro atoms. The zero-order valence-electron chi connectivity index (χ0n) is 66.7. The van der Waals surface area contributed by atoms with Crippen molar-refractivity contribution in [3.05, 3.63) is 296 Å². The van der Waals surface area contributed by atoms with E-state index in [4.69, 9.17) is 43.5 Å². The van der Waals surface area contributed by atoms with Crippen LogP contribution in [0.15, 0.2) is 212 Å². The number of benzene rings is 10. The minimum absolute atomic E-state index is 0.0108. The second-order valence-electron chi connectivity index (χ2n) is 29.2. The molecule has 0 amide bonds. The van der Waals surface area contributed by atoms with Gasteiger partial charge in [0.2, 0.25) is 0 Å². The molecule has 10 aromatic carbocycles. The van der Waals surface area contributed by atoms with E-state index in [-0.39, 0.29) is 30.2 Å². The predicted octanol–water partition coefficient (Wildman–Crippen LogP) is 15.8. The van der Waals surface area contributed by atoms with E-state index >= 15 is 0 Å². The van der Waals surface area contributed by atoms with E-state index in [1.807, 2.05) is 152 Å². The first-order chi connectivity index (χ1) is 57.3. The molecule has 10 heterocycles. The van der Waals surface area contributed by atoms with Gasteiger partial charge < -0.3 is 111 Å². The van der Waals surface area contributed by atoms with Gasteiger partial charge in [0, 0.05) is 157 Å². The Balaban J connectivity index is 0.000000118. The van der Waals surface area contributed by atoms with Gasteiger partial charge in [-0.15, -0.1) is 0 Å². The second-order valence-corrected chi connectivity index (χ2v) is 29.2. The monoisotopic (exact) mass is 1590 g/mol. The Morgan fingerprint density at radius 1 is 0.271 bits per heavy atom. The van der Waals surface area contributed by atoms with Gasteiger partial charge >= 0.3 is 0 Å². The third-order valence-corrected chi connectivity index (χ3v) is 22.0. The normalized spacial score (nSPS) is 16.7. The van der Waals surface area contributed by atoms with E-state index in [9.17, 15) is 25.5 Å². The van der Waals surface area contributed by atoms with Crippen LogP contribution in [-0.2, 0) is 41.7 Å². The Hall–Kier alpha value is -13.4. The number of fused-ring (bicyclic) bond motifs is 15. The first-order valence-electron chi connectivity index (χ1n) is 39.2. The summed E-state index contributed by atoms with van der Waals surface area (Å²) in [7, 11) is 8.44. The summed E-state index contributed by atoms with van der Waals surface area (Å²) < 4.78 is 26.7. The molecule has 5 aliphatic heterocycles. The zero-order chi connectivity index (χ0) is 82.7. The minimum atomic E-state index is -0.833. The smallest absolute Gasteiger partial charge is 0.300 e. The number of aliphatic carboxylic acids is 2. The molecule has 5 unspecified atom stereocenters. The maximum absolute atomic E-state index is 10.2. The van der Waals surface area contributed by atoms with E-state index in [0.29, 0.717) is 28.7 Å². The summed E-state index contributed by atoms with van der Waals surface area (Å²) >= 11 is 0. The number of ether oxygens (including phenoxy) is 5. The van der Waals surface area contributed by atoms with Crippen molar-refractivity contribution in [3.63, 3.8) is 0 Å². The highest BCUT2D eigenvalue weighted by Crippen LogP contribution is 2.44. The summed E-state index contributed by atoms with van der Waals surface area (Å²) in [6.45, 7) is 6.59. The first kappa shape index (κ1) is 81.2. The van der Waals surface area contributed by atoms with Crippen molar-refractivity contribution in [2.24, 2.45) is 0 Å². The number of phenols is 5. The molecule has 15 aromatic rings. The SMILES string of the molecule is CC(=O)O.CC(=O)O.COc1ccc2[nH]c3c(c2c1)CCNC3c1ccccc1O.COc1ccc2[nH]c3c(c2c1)CCNC3c1ccccc1O.COc1ccc2[nH]c3c(c2c1)CCNC3c1ccccc1O.COc1ccc2[nH]c3c(c2c1)CCNC3c1ccccc1O.COc1ccc2[nH]c3c(c2c1)CCNC3c1ccccc1O. The maximum Gasteiger partial charge on any atom is 0.300 e. The molecule has 5 atom stereocenters. The number of H-pyrrole nitrogens is 5. The van der Waals surface area contributed by atoms with Crippen LogP contribution in [-0.4, -0.2) is 141 Å². The number of methoxy groups -OCH3 is 5. The van der Waals surface area contributed by atoms with Crippen LogP contribution in [0.25, 0.3) is 54.5 Å². The van der Waals surface area contributed by atoms with Gasteiger partial charge in [0.15, 0.2) is 0 Å². The predicted molar refractivity (Wildman–Crippen MR) is 459 cm³/mol. The molecule has 5 aromatic heterocycles. The lowest BCUT2D eigenvalue weighted by Gasteiger charge is -2.25. The number of nitrogens with one attached hydrogen (secondary N) is 10. The molecule has 24 nitrogen and oxygen atoms in total. The summed E-state index contributed by atoms with van der Waals surface area (Å²) in [5.74, 6) is 4.29. The Labute approximate surface area is 681 Å². The average molecular weight is 1590 g/mol. The fourth-order valence-electron chi connectivity index (χ4n) is 16.7. The molecule has 608 valence electrons. The molecule has 0 aliphatic carbocycles. The van der Waals surface area contributed by atoms with Crippen molar-refractivity contribution >= 4 is 66.5 Å². The zero-order valence-corrected chi connectivity index (χ0v) is 66.7. The second kappa shape index (κ2) is 36.6. The van der Waals surface area contributed by atoms with Gasteiger partial charge in [-0.1, -0.05) is 91.0 Å². The molecule has 17 N–H and O–H groups in total. The highest BCUT2D eigenvalue weighted by Gasteiger charge is 2.33. The van der Waals surface area contributed by atoms with E-state index in [0.717, 1.165) is 191 Å². The number of rotatable bonds is 10. The third-order valence-electron chi connectivity index (χ3n) is 22.0. The van der Waals surface area contributed by atoms with E-state index in [2.05, 4.69) is 81.8 Å².